The fraction of sp³-hybridized carbons (Fsp3) is 0.733. The van der Waals surface area contributed by atoms with Gasteiger partial charge < -0.3 is 10.6 Å². The van der Waals surface area contributed by atoms with E-state index in [-0.39, 0.29) is 0 Å². The van der Waals surface area contributed by atoms with Gasteiger partial charge in [0.15, 0.2) is 0 Å². The second kappa shape index (κ2) is 6.73. The summed E-state index contributed by atoms with van der Waals surface area (Å²) in [6, 6.07) is 0.489. The lowest BCUT2D eigenvalue weighted by atomic mass is 9.84. The molecule has 2 N–H and O–H groups in total. The number of nitrogens with one attached hydrogen (secondary N) is 2. The molecule has 1 aromatic rings. The van der Waals surface area contributed by atoms with Crippen molar-refractivity contribution >= 4 is 11.8 Å². The molecule has 106 valence electrons. The highest BCUT2D eigenvalue weighted by molar-refractivity contribution is 5.47. The molecule has 2 rings (SSSR count). The van der Waals surface area contributed by atoms with Gasteiger partial charge in [0.05, 0.1) is 0 Å². The third kappa shape index (κ3) is 3.82. The fourth-order valence-corrected chi connectivity index (χ4v) is 2.80. The Morgan fingerprint density at radius 2 is 2.05 bits per heavy atom. The van der Waals surface area contributed by atoms with Crippen LogP contribution < -0.4 is 10.6 Å². The van der Waals surface area contributed by atoms with Crippen LogP contribution in [0.25, 0.3) is 0 Å². The van der Waals surface area contributed by atoms with E-state index in [0.717, 1.165) is 23.8 Å². The maximum Gasteiger partial charge on any atom is 0.224 e. The van der Waals surface area contributed by atoms with E-state index >= 15 is 0 Å². The molecule has 1 unspecified atom stereocenters. The highest BCUT2D eigenvalue weighted by Crippen LogP contribution is 2.28. The predicted molar refractivity (Wildman–Crippen MR) is 80.6 cm³/mol. The van der Waals surface area contributed by atoms with Crippen LogP contribution >= 0.6 is 0 Å². The number of rotatable bonds is 5. The molecule has 1 saturated carbocycles. The quantitative estimate of drug-likeness (QED) is 0.851. The van der Waals surface area contributed by atoms with E-state index in [1.54, 1.807) is 0 Å². The zero-order valence-electron chi connectivity index (χ0n) is 12.4. The summed E-state index contributed by atoms with van der Waals surface area (Å²) in [6.07, 6.45) is 8.74. The molecule has 0 aromatic carbocycles. The summed E-state index contributed by atoms with van der Waals surface area (Å²) in [7, 11) is 0. The van der Waals surface area contributed by atoms with Crippen molar-refractivity contribution in [3.63, 3.8) is 0 Å². The third-order valence-electron chi connectivity index (χ3n) is 4.03. The Hall–Kier alpha value is -1.32. The molecule has 0 bridgehead atoms. The van der Waals surface area contributed by atoms with Crippen LogP contribution in [0.1, 0.15) is 51.5 Å². The largest absolute Gasteiger partial charge is 0.367 e. The van der Waals surface area contributed by atoms with Crippen molar-refractivity contribution in [2.24, 2.45) is 5.92 Å². The number of nitrogens with zero attached hydrogens (tertiary/aromatic N) is 2. The summed E-state index contributed by atoms with van der Waals surface area (Å²) in [4.78, 5) is 8.85. The van der Waals surface area contributed by atoms with Gasteiger partial charge in [-0.3, -0.25) is 0 Å². The minimum Gasteiger partial charge on any atom is -0.367 e. The zero-order valence-corrected chi connectivity index (χ0v) is 12.4. The topological polar surface area (TPSA) is 49.8 Å². The van der Waals surface area contributed by atoms with Crippen molar-refractivity contribution in [2.75, 3.05) is 17.2 Å². The van der Waals surface area contributed by atoms with Crippen molar-refractivity contribution in [3.8, 4) is 0 Å². The summed E-state index contributed by atoms with van der Waals surface area (Å²) >= 11 is 0. The lowest BCUT2D eigenvalue weighted by Crippen LogP contribution is -2.28. The molecule has 4 nitrogen and oxygen atoms in total. The van der Waals surface area contributed by atoms with E-state index in [1.807, 2.05) is 6.20 Å². The zero-order chi connectivity index (χ0) is 13.7. The van der Waals surface area contributed by atoms with E-state index in [4.69, 9.17) is 0 Å². The molecule has 1 aliphatic rings. The van der Waals surface area contributed by atoms with Crippen molar-refractivity contribution < 1.29 is 0 Å². The van der Waals surface area contributed by atoms with Gasteiger partial charge in [-0.2, -0.15) is 4.98 Å². The lowest BCUT2D eigenvalue weighted by molar-refractivity contribution is 0.328. The predicted octanol–water partition coefficient (Wildman–Crippen LogP) is 3.60. The van der Waals surface area contributed by atoms with Gasteiger partial charge in [-0.1, -0.05) is 19.3 Å². The van der Waals surface area contributed by atoms with E-state index < -0.39 is 0 Å². The molecule has 1 aromatic heterocycles. The molecule has 0 radical (unpaired) electrons. The van der Waals surface area contributed by atoms with Gasteiger partial charge in [0, 0.05) is 24.3 Å². The smallest absolute Gasteiger partial charge is 0.224 e. The van der Waals surface area contributed by atoms with Gasteiger partial charge in [-0.25, -0.2) is 4.98 Å². The molecule has 1 fully saturated rings. The van der Waals surface area contributed by atoms with Crippen LogP contribution in [0, 0.1) is 12.8 Å². The van der Waals surface area contributed by atoms with Gasteiger partial charge in [0.1, 0.15) is 5.82 Å². The summed E-state index contributed by atoms with van der Waals surface area (Å²) in [5.41, 5.74) is 1.12. The monoisotopic (exact) mass is 262 g/mol. The van der Waals surface area contributed by atoms with Crippen LogP contribution in [0.2, 0.25) is 0 Å². The molecule has 1 heterocycles. The number of hydrogen-bond acceptors (Lipinski definition) is 4. The van der Waals surface area contributed by atoms with E-state index in [9.17, 15) is 0 Å². The number of aryl methyl sites for hydroxylation is 1. The first-order chi connectivity index (χ1) is 9.20. The summed E-state index contributed by atoms with van der Waals surface area (Å²) in [6.45, 7) is 7.25. The molecule has 0 spiro atoms. The van der Waals surface area contributed by atoms with Crippen molar-refractivity contribution in [2.45, 2.75) is 58.9 Å². The minimum absolute atomic E-state index is 0.489. The van der Waals surface area contributed by atoms with Crippen LogP contribution in [0.3, 0.4) is 0 Å². The Labute approximate surface area is 116 Å². The fourth-order valence-electron chi connectivity index (χ4n) is 2.80. The average molecular weight is 262 g/mol. The molecule has 0 amide bonds. The first kappa shape index (κ1) is 14.1. The molecule has 1 aliphatic carbocycles. The van der Waals surface area contributed by atoms with Crippen LogP contribution in [0.4, 0.5) is 11.8 Å². The van der Waals surface area contributed by atoms with Gasteiger partial charge in [0.2, 0.25) is 5.95 Å². The summed E-state index contributed by atoms with van der Waals surface area (Å²) in [5, 5.41) is 6.75. The van der Waals surface area contributed by atoms with Crippen LogP contribution in [-0.4, -0.2) is 22.6 Å². The Balaban J connectivity index is 2.02. The van der Waals surface area contributed by atoms with Gasteiger partial charge in [-0.15, -0.1) is 0 Å². The van der Waals surface area contributed by atoms with Gasteiger partial charge >= 0.3 is 0 Å². The summed E-state index contributed by atoms with van der Waals surface area (Å²) in [5.74, 6) is 2.47. The lowest BCUT2D eigenvalue weighted by Gasteiger charge is -2.29. The molecule has 19 heavy (non-hydrogen) atoms. The van der Waals surface area contributed by atoms with Crippen LogP contribution in [0.15, 0.2) is 6.20 Å². The van der Waals surface area contributed by atoms with Crippen molar-refractivity contribution in [3.05, 3.63) is 11.8 Å². The number of hydrogen-bond donors (Lipinski definition) is 2. The second-order valence-electron chi connectivity index (χ2n) is 5.59. The first-order valence-corrected chi connectivity index (χ1v) is 7.54. The Kier molecular flexibility index (Phi) is 5.00. The van der Waals surface area contributed by atoms with Crippen LogP contribution in [0.5, 0.6) is 0 Å². The Morgan fingerprint density at radius 1 is 1.32 bits per heavy atom. The first-order valence-electron chi connectivity index (χ1n) is 7.54. The molecular weight excluding hydrogens is 236 g/mol. The normalized spacial score (nSPS) is 18.1. The van der Waals surface area contributed by atoms with E-state index in [0.29, 0.717) is 12.0 Å². The molecule has 0 saturated heterocycles. The Morgan fingerprint density at radius 3 is 2.74 bits per heavy atom. The van der Waals surface area contributed by atoms with Crippen LogP contribution in [-0.2, 0) is 0 Å². The maximum absolute atomic E-state index is 4.56. The number of aromatic nitrogens is 2. The highest BCUT2D eigenvalue weighted by atomic mass is 15.1. The molecular formula is C15H26N4. The summed E-state index contributed by atoms with van der Waals surface area (Å²) < 4.78 is 0. The standard InChI is InChI=1S/C15H26N4/c1-4-16-15-17-10-11(2)14(19-15)18-12(3)13-8-6-5-7-9-13/h10,12-13H,4-9H2,1-3H3,(H2,16,17,18,19). The molecule has 0 aliphatic heterocycles. The second-order valence-corrected chi connectivity index (χ2v) is 5.59. The van der Waals surface area contributed by atoms with Gasteiger partial charge in [0.25, 0.3) is 0 Å². The third-order valence-corrected chi connectivity index (χ3v) is 4.03. The van der Waals surface area contributed by atoms with E-state index in [2.05, 4.69) is 41.4 Å². The van der Waals surface area contributed by atoms with Crippen molar-refractivity contribution in [1.29, 1.82) is 0 Å². The highest BCUT2D eigenvalue weighted by Gasteiger charge is 2.20. The Bertz CT molecular complexity index is 399. The maximum atomic E-state index is 4.56. The number of anilines is 2. The van der Waals surface area contributed by atoms with Crippen molar-refractivity contribution in [1.82, 2.24) is 9.97 Å². The molecule has 4 heteroatoms. The van der Waals surface area contributed by atoms with Gasteiger partial charge in [-0.05, 0) is 39.5 Å². The van der Waals surface area contributed by atoms with E-state index in [1.165, 1.54) is 32.1 Å². The molecule has 1 atom stereocenters. The SMILES string of the molecule is CCNc1ncc(C)c(NC(C)C2CCCCC2)n1. The minimum atomic E-state index is 0.489. The average Bonchev–Trinajstić information content (AvgIpc) is 2.44.